The molecule has 8 rings (SSSR count). The summed E-state index contributed by atoms with van der Waals surface area (Å²) in [6.07, 6.45) is 1.99. The minimum Gasteiger partial charge on any atom is -0.497 e. The molecule has 0 aliphatic heterocycles. The molecule has 4 aromatic heterocycles. The molecule has 0 aliphatic carbocycles. The lowest BCUT2D eigenvalue weighted by molar-refractivity contribution is 0.318. The maximum Gasteiger partial charge on any atom is 0.184 e. The lowest BCUT2D eigenvalue weighted by Crippen LogP contribution is -1.97. The summed E-state index contributed by atoms with van der Waals surface area (Å²) in [6, 6.07) is 33.6. The van der Waals surface area contributed by atoms with Gasteiger partial charge in [0.15, 0.2) is 23.3 Å². The molecule has 0 unspecified atom stereocenters. The van der Waals surface area contributed by atoms with E-state index in [2.05, 4.69) is 86.7 Å². The van der Waals surface area contributed by atoms with Crippen molar-refractivity contribution in [3.63, 3.8) is 0 Å². The van der Waals surface area contributed by atoms with E-state index in [9.17, 15) is 0 Å². The summed E-state index contributed by atoms with van der Waals surface area (Å²) in [6.45, 7) is 12.5. The molecule has 0 spiro atoms. The molecule has 56 heavy (non-hydrogen) atoms. The zero-order valence-electron chi connectivity index (χ0n) is 32.8. The van der Waals surface area contributed by atoms with Crippen LogP contribution in [-0.4, -0.2) is 74.4 Å². The Hall–Kier alpha value is -6.96. The van der Waals surface area contributed by atoms with Crippen LogP contribution in [0.25, 0.3) is 45.6 Å². The number of methoxy groups -OCH3 is 1. The maximum absolute atomic E-state index is 5.66. The number of hydrogen-bond donors (Lipinski definition) is 4. The zero-order valence-corrected chi connectivity index (χ0v) is 32.8. The Bertz CT molecular complexity index is 2340. The second-order valence-corrected chi connectivity index (χ2v) is 12.4. The third kappa shape index (κ3) is 11.5. The van der Waals surface area contributed by atoms with Gasteiger partial charge in [-0.05, 0) is 82.5 Å². The summed E-state index contributed by atoms with van der Waals surface area (Å²) in [7, 11) is 1.64. The molecule has 0 saturated heterocycles. The fraction of sp³-hybridized carbons (Fsp3) is 0.238. The Morgan fingerprint density at radius 2 is 0.929 bits per heavy atom. The van der Waals surface area contributed by atoms with Crippen molar-refractivity contribution in [2.45, 2.75) is 54.4 Å². The van der Waals surface area contributed by atoms with Crippen molar-refractivity contribution < 1.29 is 9.47 Å². The van der Waals surface area contributed by atoms with Gasteiger partial charge in [0.05, 0.1) is 19.3 Å². The number of ether oxygens (including phenoxy) is 2. The van der Waals surface area contributed by atoms with Crippen molar-refractivity contribution in [2.75, 3.05) is 13.7 Å². The second-order valence-electron chi connectivity index (χ2n) is 12.4. The normalized spacial score (nSPS) is 10.3. The van der Waals surface area contributed by atoms with Crippen LogP contribution < -0.4 is 9.47 Å². The molecule has 0 bridgehead atoms. The van der Waals surface area contributed by atoms with Crippen molar-refractivity contribution in [3.8, 4) is 57.1 Å². The molecular weight excluding hydrogens is 705 g/mol. The van der Waals surface area contributed by atoms with Crippen molar-refractivity contribution in [1.29, 1.82) is 0 Å². The van der Waals surface area contributed by atoms with Gasteiger partial charge in [-0.1, -0.05) is 80.6 Å². The number of aromatic nitrogens is 12. The van der Waals surface area contributed by atoms with Crippen LogP contribution in [0.1, 0.15) is 49.1 Å². The van der Waals surface area contributed by atoms with E-state index in [-0.39, 0.29) is 0 Å². The molecule has 0 atom stereocenters. The number of hydrogen-bond acceptors (Lipinski definition) is 10. The number of nitrogens with one attached hydrogen (secondary N) is 4. The van der Waals surface area contributed by atoms with E-state index in [1.54, 1.807) is 7.11 Å². The molecule has 0 saturated carbocycles. The molecule has 4 N–H and O–H groups in total. The van der Waals surface area contributed by atoms with E-state index in [1.807, 2.05) is 119 Å². The Kier molecular flexibility index (Phi) is 14.7. The van der Waals surface area contributed by atoms with Crippen LogP contribution in [-0.2, 0) is 6.42 Å². The van der Waals surface area contributed by atoms with Gasteiger partial charge in [-0.15, -0.1) is 0 Å². The molecule has 0 radical (unpaired) electrons. The highest BCUT2D eigenvalue weighted by atomic mass is 16.5. The first-order chi connectivity index (χ1) is 27.3. The summed E-state index contributed by atoms with van der Waals surface area (Å²) in [4.78, 5) is 17.1. The van der Waals surface area contributed by atoms with Crippen molar-refractivity contribution in [2.24, 2.45) is 0 Å². The van der Waals surface area contributed by atoms with Crippen LogP contribution in [0.4, 0.5) is 0 Å². The summed E-state index contributed by atoms with van der Waals surface area (Å²) < 4.78 is 10.7. The van der Waals surface area contributed by atoms with E-state index in [0.717, 1.165) is 81.5 Å². The maximum atomic E-state index is 5.66. The van der Waals surface area contributed by atoms with Gasteiger partial charge in [0, 0.05) is 16.7 Å². The van der Waals surface area contributed by atoms with E-state index in [1.165, 1.54) is 5.56 Å². The molecular formula is C42H48N12O2. The molecule has 14 nitrogen and oxygen atoms in total. The van der Waals surface area contributed by atoms with Crippen LogP contribution in [0.2, 0.25) is 0 Å². The Morgan fingerprint density at radius 3 is 1.41 bits per heavy atom. The number of benzene rings is 4. The van der Waals surface area contributed by atoms with Gasteiger partial charge in [-0.2, -0.15) is 20.4 Å². The van der Waals surface area contributed by atoms with Crippen LogP contribution in [0, 0.1) is 27.7 Å². The summed E-state index contributed by atoms with van der Waals surface area (Å²) in [5, 5.41) is 27.7. The predicted octanol–water partition coefficient (Wildman–Crippen LogP) is 8.48. The highest BCUT2D eigenvalue weighted by Crippen LogP contribution is 2.27. The average molecular weight is 753 g/mol. The van der Waals surface area contributed by atoms with E-state index in [4.69, 9.17) is 9.47 Å². The quantitative estimate of drug-likeness (QED) is 0.111. The van der Waals surface area contributed by atoms with E-state index < -0.39 is 0 Å². The monoisotopic (exact) mass is 752 g/mol. The molecule has 0 amide bonds. The fourth-order valence-corrected chi connectivity index (χ4v) is 5.23. The molecule has 14 heteroatoms. The molecule has 4 aromatic carbocycles. The van der Waals surface area contributed by atoms with Crippen LogP contribution in [0.5, 0.6) is 11.5 Å². The lowest BCUT2D eigenvalue weighted by Gasteiger charge is -2.07. The zero-order chi connectivity index (χ0) is 39.7. The van der Waals surface area contributed by atoms with Crippen LogP contribution in [0.3, 0.4) is 0 Å². The van der Waals surface area contributed by atoms with Gasteiger partial charge < -0.3 is 9.47 Å². The minimum absolute atomic E-state index is 0.684. The average Bonchev–Trinajstić information content (AvgIpc) is 4.08. The predicted molar refractivity (Wildman–Crippen MR) is 218 cm³/mol. The number of H-pyrrole nitrogens is 4. The summed E-state index contributed by atoms with van der Waals surface area (Å²) in [5.74, 6) is 7.93. The number of rotatable bonds is 9. The Balaban J connectivity index is 0.000000143. The smallest absolute Gasteiger partial charge is 0.184 e. The van der Waals surface area contributed by atoms with Crippen LogP contribution >= 0.6 is 0 Å². The van der Waals surface area contributed by atoms with Crippen molar-refractivity contribution in [3.05, 3.63) is 132 Å². The van der Waals surface area contributed by atoms with Gasteiger partial charge >= 0.3 is 0 Å². The van der Waals surface area contributed by atoms with E-state index in [0.29, 0.717) is 18.3 Å². The standard InChI is InChI=1S/C12H15N3O.C11H13N3.C10H11N3O.C9H9N3/c1-3-8-16-11-7-5-4-6-10(11)12-13-9(2)14-15-12;1-3-9-6-4-5-7-10(9)11-12-8(2)13-14-11;1-7-11-10(13-12-7)8-3-5-9(14-2)6-4-8;1-7-10-9(12-11-7)8-5-3-2-4-6-8/h4-7H,3,8H2,1-2H3,(H,13,14,15);4-7H,3H2,1-2H3,(H,12,13,14);3-6H,1-2H3,(H,11,12,13);2-6H,1H3,(H,10,11,12). The van der Waals surface area contributed by atoms with Crippen molar-refractivity contribution >= 4 is 0 Å². The minimum atomic E-state index is 0.684. The third-order valence-corrected chi connectivity index (χ3v) is 8.00. The highest BCUT2D eigenvalue weighted by Gasteiger charge is 2.10. The van der Waals surface area contributed by atoms with E-state index >= 15 is 0 Å². The highest BCUT2D eigenvalue weighted by molar-refractivity contribution is 5.63. The molecule has 4 heterocycles. The van der Waals surface area contributed by atoms with Gasteiger partial charge in [0.25, 0.3) is 0 Å². The fourth-order valence-electron chi connectivity index (χ4n) is 5.23. The third-order valence-electron chi connectivity index (χ3n) is 8.00. The Morgan fingerprint density at radius 1 is 0.482 bits per heavy atom. The van der Waals surface area contributed by atoms with Gasteiger partial charge in [-0.25, -0.2) is 19.9 Å². The first-order valence-corrected chi connectivity index (χ1v) is 18.3. The van der Waals surface area contributed by atoms with Gasteiger partial charge in [-0.3, -0.25) is 20.4 Å². The topological polar surface area (TPSA) is 185 Å². The van der Waals surface area contributed by atoms with Crippen molar-refractivity contribution in [1.82, 2.24) is 60.7 Å². The van der Waals surface area contributed by atoms with Crippen LogP contribution in [0.15, 0.2) is 103 Å². The number of para-hydroxylation sites is 1. The Labute approximate surface area is 326 Å². The van der Waals surface area contributed by atoms with Gasteiger partial charge in [0.2, 0.25) is 0 Å². The first kappa shape index (κ1) is 40.2. The first-order valence-electron chi connectivity index (χ1n) is 18.3. The lowest BCUT2D eigenvalue weighted by atomic mass is 10.1. The van der Waals surface area contributed by atoms with Gasteiger partial charge in [0.1, 0.15) is 34.8 Å². The number of aryl methyl sites for hydroxylation is 5. The largest absolute Gasteiger partial charge is 0.497 e. The summed E-state index contributed by atoms with van der Waals surface area (Å²) in [5.41, 5.74) is 5.36. The molecule has 288 valence electrons. The summed E-state index contributed by atoms with van der Waals surface area (Å²) >= 11 is 0. The number of nitrogens with zero attached hydrogens (tertiary/aromatic N) is 8. The SMILES string of the molecule is CCCOc1ccccc1-c1n[nH]c(C)n1.CCc1ccccc1-c1n[nH]c(C)n1.COc1ccc(-c2n[nH]c(C)n2)cc1.Cc1nc(-c2ccccc2)n[nH]1. The molecule has 0 fully saturated rings. The second kappa shape index (κ2) is 20.5. The number of aromatic amines is 4. The molecule has 0 aliphatic rings. The molecule has 8 aromatic rings.